The van der Waals surface area contributed by atoms with Crippen LogP contribution in [0.15, 0.2) is 48.5 Å². The molecule has 2 heterocycles. The van der Waals surface area contributed by atoms with Gasteiger partial charge in [-0.15, -0.1) is 0 Å². The van der Waals surface area contributed by atoms with Gasteiger partial charge in [-0.3, -0.25) is 4.90 Å². The monoisotopic (exact) mass is 454 g/mol. The molecular weight excluding hydrogens is 423 g/mol. The number of carbonyl (C=O) groups is 2. The molecule has 0 aliphatic carbocycles. The smallest absolute Gasteiger partial charge is 0.414 e. The Morgan fingerprint density at radius 1 is 1.09 bits per heavy atom. The number of nitrogens with zero attached hydrogens (tertiary/aromatic N) is 4. The van der Waals surface area contributed by atoms with Crippen LogP contribution in [-0.2, 0) is 16.1 Å². The number of halogens is 1. The Labute approximate surface area is 194 Å². The van der Waals surface area contributed by atoms with Crippen LogP contribution in [-0.4, -0.2) is 67.8 Å². The number of hydrogen-bond donors (Lipinski definition) is 0. The normalized spacial score (nSPS) is 20.1. The van der Waals surface area contributed by atoms with Crippen molar-refractivity contribution in [2.75, 3.05) is 49.6 Å². The van der Waals surface area contributed by atoms with Gasteiger partial charge in [0, 0.05) is 46.2 Å². The van der Waals surface area contributed by atoms with Crippen molar-refractivity contribution >= 4 is 23.3 Å². The first-order chi connectivity index (χ1) is 15.9. The van der Waals surface area contributed by atoms with Gasteiger partial charge in [0.1, 0.15) is 17.7 Å². The average Bonchev–Trinajstić information content (AvgIpc) is 3.08. The first-order valence-corrected chi connectivity index (χ1v) is 11.4. The van der Waals surface area contributed by atoms with Crippen LogP contribution in [0.3, 0.4) is 0 Å². The molecule has 2 aromatic carbocycles. The highest BCUT2D eigenvalue weighted by Gasteiger charge is 2.33. The predicted octanol–water partition coefficient (Wildman–Crippen LogP) is 3.69. The van der Waals surface area contributed by atoms with E-state index in [1.54, 1.807) is 12.1 Å². The van der Waals surface area contributed by atoms with Crippen LogP contribution < -0.4 is 9.80 Å². The molecule has 0 aromatic heterocycles. The highest BCUT2D eigenvalue weighted by Crippen LogP contribution is 2.29. The van der Waals surface area contributed by atoms with E-state index in [2.05, 4.69) is 34.1 Å². The fraction of sp³-hybridized carbons (Fsp3) is 0.440. The molecule has 8 heteroatoms. The molecule has 4 rings (SSSR count). The molecule has 2 aliphatic heterocycles. The van der Waals surface area contributed by atoms with Gasteiger partial charge in [-0.05, 0) is 37.1 Å². The van der Waals surface area contributed by atoms with Crippen LogP contribution in [0.1, 0.15) is 25.3 Å². The molecule has 0 radical (unpaired) electrons. The van der Waals surface area contributed by atoms with Crippen molar-refractivity contribution in [2.24, 2.45) is 0 Å². The fourth-order valence-electron chi connectivity index (χ4n) is 4.33. The third kappa shape index (κ3) is 5.69. The number of ether oxygens (including phenoxy) is 1. The topological polar surface area (TPSA) is 56.3 Å². The minimum Gasteiger partial charge on any atom is -0.444 e. The largest absolute Gasteiger partial charge is 0.444 e. The number of cyclic esters (lactones) is 1. The summed E-state index contributed by atoms with van der Waals surface area (Å²) >= 11 is 0. The van der Waals surface area contributed by atoms with Crippen LogP contribution in [0.2, 0.25) is 0 Å². The molecule has 33 heavy (non-hydrogen) atoms. The second-order valence-electron chi connectivity index (χ2n) is 8.73. The van der Waals surface area contributed by atoms with Crippen LogP contribution >= 0.6 is 0 Å². The predicted molar refractivity (Wildman–Crippen MR) is 126 cm³/mol. The highest BCUT2D eigenvalue weighted by atomic mass is 19.1. The van der Waals surface area contributed by atoms with E-state index in [1.165, 1.54) is 23.5 Å². The second kappa shape index (κ2) is 10.3. The number of anilines is 2. The number of rotatable bonds is 7. The quantitative estimate of drug-likeness (QED) is 0.636. The van der Waals surface area contributed by atoms with E-state index in [0.717, 1.165) is 19.6 Å². The van der Waals surface area contributed by atoms with Gasteiger partial charge in [0.05, 0.1) is 17.9 Å². The van der Waals surface area contributed by atoms with Crippen LogP contribution in [0, 0.1) is 5.82 Å². The van der Waals surface area contributed by atoms with E-state index < -0.39 is 6.09 Å². The lowest BCUT2D eigenvalue weighted by Gasteiger charge is -2.29. The van der Waals surface area contributed by atoms with Gasteiger partial charge in [0.2, 0.25) is 0 Å². The third-order valence-electron chi connectivity index (χ3n) is 6.29. The van der Waals surface area contributed by atoms with Crippen molar-refractivity contribution < 1.29 is 18.7 Å². The molecule has 7 nitrogen and oxygen atoms in total. The molecule has 0 saturated carbocycles. The number of Topliss-reactive ketones (excluding diaryl/α,β-unsaturated/α-hetero) is 1. The van der Waals surface area contributed by atoms with E-state index in [-0.39, 0.29) is 17.7 Å². The van der Waals surface area contributed by atoms with E-state index >= 15 is 4.39 Å². The molecule has 1 amide bonds. The van der Waals surface area contributed by atoms with Gasteiger partial charge < -0.3 is 14.4 Å². The molecule has 0 spiro atoms. The number of benzene rings is 2. The minimum atomic E-state index is -0.497. The summed E-state index contributed by atoms with van der Waals surface area (Å²) in [5, 5.41) is 4.48. The Morgan fingerprint density at radius 3 is 2.58 bits per heavy atom. The van der Waals surface area contributed by atoms with Crippen molar-refractivity contribution in [3.63, 3.8) is 0 Å². The Kier molecular flexibility index (Phi) is 7.25. The summed E-state index contributed by atoms with van der Waals surface area (Å²) < 4.78 is 20.5. The zero-order valence-corrected chi connectivity index (χ0v) is 19.2. The summed E-state index contributed by atoms with van der Waals surface area (Å²) in [7, 11) is 2.06. The molecular formula is C25H31FN4O3. The van der Waals surface area contributed by atoms with Crippen molar-refractivity contribution in [1.82, 2.24) is 10.0 Å². The summed E-state index contributed by atoms with van der Waals surface area (Å²) in [6.07, 6.45) is 0.00687. The van der Waals surface area contributed by atoms with Crippen molar-refractivity contribution in [2.45, 2.75) is 32.4 Å². The molecule has 0 unspecified atom stereocenters. The average molecular weight is 455 g/mol. The summed E-state index contributed by atoms with van der Waals surface area (Å²) in [5.74, 6) is -0.294. The van der Waals surface area contributed by atoms with Crippen LogP contribution in [0.5, 0.6) is 0 Å². The van der Waals surface area contributed by atoms with Gasteiger partial charge >= 0.3 is 6.09 Å². The molecule has 2 saturated heterocycles. The van der Waals surface area contributed by atoms with Gasteiger partial charge in [0.15, 0.2) is 0 Å². The van der Waals surface area contributed by atoms with Gasteiger partial charge in [-0.1, -0.05) is 30.3 Å². The number of likely N-dealkylation sites (N-methyl/N-ethyl adjacent to an activating group) is 1. The Bertz CT molecular complexity index is 987. The van der Waals surface area contributed by atoms with Gasteiger partial charge in [-0.2, -0.15) is 0 Å². The molecule has 2 aromatic rings. The first-order valence-electron chi connectivity index (χ1n) is 11.4. The highest BCUT2D eigenvalue weighted by molar-refractivity contribution is 5.90. The molecule has 1 atom stereocenters. The Hall–Kier alpha value is -2.97. The van der Waals surface area contributed by atoms with Crippen LogP contribution in [0.4, 0.5) is 20.6 Å². The maximum atomic E-state index is 15.1. The van der Waals surface area contributed by atoms with Crippen molar-refractivity contribution in [1.29, 1.82) is 0 Å². The first kappa shape index (κ1) is 23.2. The van der Waals surface area contributed by atoms with E-state index in [9.17, 15) is 9.59 Å². The van der Waals surface area contributed by atoms with E-state index in [1.807, 2.05) is 18.2 Å². The molecule has 2 fully saturated rings. The fourth-order valence-corrected chi connectivity index (χ4v) is 4.33. The van der Waals surface area contributed by atoms with E-state index in [0.29, 0.717) is 43.9 Å². The summed E-state index contributed by atoms with van der Waals surface area (Å²) in [6, 6.07) is 15.2. The number of hydrogen-bond acceptors (Lipinski definition) is 6. The standard InChI is InChI=1S/C25H31FN4O3/c1-19(31)8-10-22-18-30(25(32)33-22)21-9-11-24(23(26)16-21)28-13-12-27(2)29(15-14-28)17-20-6-4-3-5-7-20/h3-7,9,11,16,22H,8,10,12-15,17-18H2,1-2H3/t22-/m0/s1. The SMILES string of the molecule is CC(=O)CC[C@H]1CN(c2ccc(N3CCN(C)N(Cc4ccccc4)CC3)c(F)c2)C(=O)O1. The minimum absolute atomic E-state index is 0.0605. The maximum Gasteiger partial charge on any atom is 0.414 e. The lowest BCUT2D eigenvalue weighted by molar-refractivity contribution is -0.117. The van der Waals surface area contributed by atoms with Gasteiger partial charge in [-0.25, -0.2) is 19.2 Å². The number of ketones is 1. The number of amides is 1. The number of carbonyl (C=O) groups excluding carboxylic acids is 2. The van der Waals surface area contributed by atoms with Gasteiger partial charge in [0.25, 0.3) is 0 Å². The number of hydrazine groups is 1. The molecule has 0 N–H and O–H groups in total. The van der Waals surface area contributed by atoms with Crippen molar-refractivity contribution in [3.05, 3.63) is 59.9 Å². The summed E-state index contributed by atoms with van der Waals surface area (Å²) in [5.41, 5.74) is 2.26. The van der Waals surface area contributed by atoms with Crippen molar-refractivity contribution in [3.8, 4) is 0 Å². The lowest BCUT2D eigenvalue weighted by Crippen LogP contribution is -2.40. The third-order valence-corrected chi connectivity index (χ3v) is 6.29. The molecule has 176 valence electrons. The lowest BCUT2D eigenvalue weighted by atomic mass is 10.1. The zero-order valence-electron chi connectivity index (χ0n) is 19.2. The zero-order chi connectivity index (χ0) is 23.4. The molecule has 0 bridgehead atoms. The Balaban J connectivity index is 1.41. The summed E-state index contributed by atoms with van der Waals surface area (Å²) in [4.78, 5) is 27.0. The maximum absolute atomic E-state index is 15.1. The van der Waals surface area contributed by atoms with E-state index in [4.69, 9.17) is 4.74 Å². The van der Waals surface area contributed by atoms with Crippen LogP contribution in [0.25, 0.3) is 0 Å². The molecule has 2 aliphatic rings. The summed E-state index contributed by atoms with van der Waals surface area (Å²) in [6.45, 7) is 5.63. The second-order valence-corrected chi connectivity index (χ2v) is 8.73. The Morgan fingerprint density at radius 2 is 1.85 bits per heavy atom.